The van der Waals surface area contributed by atoms with Crippen LogP contribution in [0.15, 0.2) is 22.7 Å². The maximum atomic E-state index is 13.8. The Bertz CT molecular complexity index is 439. The molecule has 3 unspecified atom stereocenters. The zero-order valence-electron chi connectivity index (χ0n) is 12.6. The molecule has 2 rings (SSSR count). The quantitative estimate of drug-likeness (QED) is 0.782. The van der Waals surface area contributed by atoms with Crippen molar-refractivity contribution in [1.82, 2.24) is 5.32 Å². The number of rotatable bonds is 4. The summed E-state index contributed by atoms with van der Waals surface area (Å²) in [7, 11) is 0. The first kappa shape index (κ1) is 16.0. The highest BCUT2D eigenvalue weighted by atomic mass is 79.9. The molecule has 0 amide bonds. The summed E-state index contributed by atoms with van der Waals surface area (Å²) in [4.78, 5) is 0. The van der Waals surface area contributed by atoms with E-state index in [1.165, 1.54) is 25.3 Å². The largest absolute Gasteiger partial charge is 0.310 e. The summed E-state index contributed by atoms with van der Waals surface area (Å²) in [6.45, 7) is 7.71. The van der Waals surface area contributed by atoms with Crippen LogP contribution in [0.3, 0.4) is 0 Å². The molecule has 1 aromatic rings. The van der Waals surface area contributed by atoms with Crippen molar-refractivity contribution < 1.29 is 4.39 Å². The van der Waals surface area contributed by atoms with Crippen molar-refractivity contribution in [2.24, 2.45) is 17.8 Å². The van der Waals surface area contributed by atoms with Crippen LogP contribution in [0, 0.1) is 23.6 Å². The average Bonchev–Trinajstić information content (AvgIpc) is 2.38. The minimum Gasteiger partial charge on any atom is -0.310 e. The Hall–Kier alpha value is -0.410. The molecule has 1 N–H and O–H groups in total. The third-order valence-corrected chi connectivity index (χ3v) is 5.26. The van der Waals surface area contributed by atoms with Gasteiger partial charge in [-0.15, -0.1) is 0 Å². The maximum absolute atomic E-state index is 13.8. The van der Waals surface area contributed by atoms with Gasteiger partial charge >= 0.3 is 0 Å². The van der Waals surface area contributed by atoms with E-state index in [1.54, 1.807) is 0 Å². The molecule has 1 nitrogen and oxygen atoms in total. The van der Waals surface area contributed by atoms with Crippen molar-refractivity contribution in [3.63, 3.8) is 0 Å². The van der Waals surface area contributed by atoms with E-state index in [-0.39, 0.29) is 11.9 Å². The number of hydrogen-bond acceptors (Lipinski definition) is 1. The van der Waals surface area contributed by atoms with E-state index in [2.05, 4.69) is 42.0 Å². The van der Waals surface area contributed by atoms with Crippen LogP contribution < -0.4 is 5.32 Å². The minimum absolute atomic E-state index is 0.165. The molecule has 1 fully saturated rings. The zero-order valence-corrected chi connectivity index (χ0v) is 14.2. The molecule has 112 valence electrons. The molecule has 20 heavy (non-hydrogen) atoms. The van der Waals surface area contributed by atoms with Crippen LogP contribution in [-0.2, 0) is 0 Å². The van der Waals surface area contributed by atoms with Crippen molar-refractivity contribution in [2.75, 3.05) is 6.54 Å². The third kappa shape index (κ3) is 3.62. The Morgan fingerprint density at radius 2 is 1.90 bits per heavy atom. The van der Waals surface area contributed by atoms with Gasteiger partial charge in [0.1, 0.15) is 5.82 Å². The monoisotopic (exact) mass is 341 g/mol. The van der Waals surface area contributed by atoms with Gasteiger partial charge < -0.3 is 5.32 Å². The van der Waals surface area contributed by atoms with Gasteiger partial charge in [-0.25, -0.2) is 4.39 Å². The Labute approximate surface area is 130 Å². The molecule has 0 bridgehead atoms. The molecule has 0 aliphatic heterocycles. The highest BCUT2D eigenvalue weighted by Gasteiger charge is 2.31. The second-order valence-corrected chi connectivity index (χ2v) is 7.15. The van der Waals surface area contributed by atoms with Gasteiger partial charge in [-0.3, -0.25) is 0 Å². The van der Waals surface area contributed by atoms with Crippen LogP contribution in [0.25, 0.3) is 0 Å². The maximum Gasteiger partial charge on any atom is 0.137 e. The molecule has 0 spiro atoms. The van der Waals surface area contributed by atoms with E-state index in [4.69, 9.17) is 0 Å². The van der Waals surface area contributed by atoms with Gasteiger partial charge in [-0.1, -0.05) is 32.9 Å². The fraction of sp³-hybridized carbons (Fsp3) is 0.647. The summed E-state index contributed by atoms with van der Waals surface area (Å²) in [6, 6.07) is 5.62. The van der Waals surface area contributed by atoms with Crippen LogP contribution in [0.2, 0.25) is 0 Å². The highest BCUT2D eigenvalue weighted by molar-refractivity contribution is 9.10. The van der Waals surface area contributed by atoms with E-state index in [1.807, 2.05) is 12.1 Å². The standard InChI is InChI=1S/C17H25BrFN/c1-4-20-17(13-9-11(2)8-12(3)10-13)14-6-5-7-15(19)16(14)18/h5-7,11-13,17,20H,4,8-10H2,1-3H3. The first-order chi connectivity index (χ1) is 9.52. The fourth-order valence-corrected chi connectivity index (χ4v) is 4.30. The molecular weight excluding hydrogens is 317 g/mol. The smallest absolute Gasteiger partial charge is 0.137 e. The molecule has 1 aliphatic rings. The lowest BCUT2D eigenvalue weighted by Gasteiger charge is -2.37. The van der Waals surface area contributed by atoms with Crippen molar-refractivity contribution in [3.8, 4) is 0 Å². The normalized spacial score (nSPS) is 28.4. The van der Waals surface area contributed by atoms with Crippen molar-refractivity contribution in [1.29, 1.82) is 0 Å². The topological polar surface area (TPSA) is 12.0 Å². The van der Waals surface area contributed by atoms with Crippen LogP contribution in [0.4, 0.5) is 4.39 Å². The van der Waals surface area contributed by atoms with E-state index < -0.39 is 0 Å². The molecule has 1 aliphatic carbocycles. The highest BCUT2D eigenvalue weighted by Crippen LogP contribution is 2.41. The third-order valence-electron chi connectivity index (χ3n) is 4.43. The second kappa shape index (κ2) is 7.04. The van der Waals surface area contributed by atoms with Gasteiger partial charge in [0.05, 0.1) is 4.47 Å². The van der Waals surface area contributed by atoms with Crippen LogP contribution in [-0.4, -0.2) is 6.54 Å². The zero-order chi connectivity index (χ0) is 14.7. The Morgan fingerprint density at radius 3 is 2.50 bits per heavy atom. The van der Waals surface area contributed by atoms with E-state index in [9.17, 15) is 4.39 Å². The summed E-state index contributed by atoms with van der Waals surface area (Å²) in [6.07, 6.45) is 3.77. The lowest BCUT2D eigenvalue weighted by atomic mass is 9.72. The van der Waals surface area contributed by atoms with E-state index in [0.717, 1.165) is 23.9 Å². The predicted octanol–water partition coefficient (Wildman–Crippen LogP) is 5.31. The summed E-state index contributed by atoms with van der Waals surface area (Å²) < 4.78 is 14.4. The first-order valence-electron chi connectivity index (χ1n) is 7.70. The van der Waals surface area contributed by atoms with Gasteiger partial charge in [0.25, 0.3) is 0 Å². The van der Waals surface area contributed by atoms with Gasteiger partial charge in [0, 0.05) is 6.04 Å². The van der Waals surface area contributed by atoms with E-state index >= 15 is 0 Å². The van der Waals surface area contributed by atoms with Crippen LogP contribution in [0.5, 0.6) is 0 Å². The van der Waals surface area contributed by atoms with Crippen LogP contribution >= 0.6 is 15.9 Å². The lowest BCUT2D eigenvalue weighted by molar-refractivity contribution is 0.177. The SMILES string of the molecule is CCNC(c1cccc(F)c1Br)C1CC(C)CC(C)C1. The molecule has 0 radical (unpaired) electrons. The molecule has 3 atom stereocenters. The molecule has 1 aromatic carbocycles. The molecule has 0 saturated heterocycles. The van der Waals surface area contributed by atoms with E-state index in [0.29, 0.717) is 10.4 Å². The van der Waals surface area contributed by atoms with Gasteiger partial charge in [0.15, 0.2) is 0 Å². The Balaban J connectivity index is 2.28. The lowest BCUT2D eigenvalue weighted by Crippen LogP contribution is -2.33. The Kier molecular flexibility index (Phi) is 5.62. The summed E-state index contributed by atoms with van der Waals surface area (Å²) in [5.41, 5.74) is 1.07. The Morgan fingerprint density at radius 1 is 1.25 bits per heavy atom. The number of nitrogens with one attached hydrogen (secondary N) is 1. The number of benzene rings is 1. The number of hydrogen-bond donors (Lipinski definition) is 1. The molecule has 1 saturated carbocycles. The van der Waals surface area contributed by atoms with Crippen molar-refractivity contribution in [2.45, 2.75) is 46.1 Å². The minimum atomic E-state index is -0.165. The van der Waals surface area contributed by atoms with Crippen molar-refractivity contribution >= 4 is 15.9 Å². The summed E-state index contributed by atoms with van der Waals surface area (Å²) in [5.74, 6) is 1.95. The molecule has 0 heterocycles. The molecular formula is C17H25BrFN. The van der Waals surface area contributed by atoms with Gasteiger partial charge in [-0.05, 0) is 71.1 Å². The summed E-state index contributed by atoms with van der Waals surface area (Å²) >= 11 is 3.43. The average molecular weight is 342 g/mol. The molecule has 0 aromatic heterocycles. The van der Waals surface area contributed by atoms with Gasteiger partial charge in [0.2, 0.25) is 0 Å². The van der Waals surface area contributed by atoms with Crippen molar-refractivity contribution in [3.05, 3.63) is 34.1 Å². The van der Waals surface area contributed by atoms with Gasteiger partial charge in [-0.2, -0.15) is 0 Å². The fourth-order valence-electron chi connectivity index (χ4n) is 3.79. The summed E-state index contributed by atoms with van der Waals surface area (Å²) in [5, 5.41) is 3.58. The second-order valence-electron chi connectivity index (χ2n) is 6.36. The first-order valence-corrected chi connectivity index (χ1v) is 8.49. The number of halogens is 2. The van der Waals surface area contributed by atoms with Crippen LogP contribution in [0.1, 0.15) is 51.6 Å². The molecule has 3 heteroatoms. The predicted molar refractivity (Wildman–Crippen MR) is 86.2 cm³/mol.